The van der Waals surface area contributed by atoms with E-state index in [1.165, 1.54) is 0 Å². The molecule has 0 radical (unpaired) electrons. The van der Waals surface area contributed by atoms with Gasteiger partial charge in [0.05, 0.1) is 11.5 Å². The van der Waals surface area contributed by atoms with E-state index in [0.717, 1.165) is 28.7 Å². The van der Waals surface area contributed by atoms with Gasteiger partial charge >= 0.3 is 0 Å². The van der Waals surface area contributed by atoms with Gasteiger partial charge in [0, 0.05) is 12.1 Å². The van der Waals surface area contributed by atoms with Gasteiger partial charge in [0.15, 0.2) is 17.7 Å². The van der Waals surface area contributed by atoms with Crippen LogP contribution in [0.5, 0.6) is 0 Å². The molecule has 0 bridgehead atoms. The first-order valence-corrected chi connectivity index (χ1v) is 10.00. The van der Waals surface area contributed by atoms with Crippen molar-refractivity contribution in [2.24, 2.45) is 5.92 Å². The van der Waals surface area contributed by atoms with Crippen LogP contribution < -0.4 is 0 Å². The fourth-order valence-electron chi connectivity index (χ4n) is 4.44. The van der Waals surface area contributed by atoms with Crippen LogP contribution in [0.15, 0.2) is 42.5 Å². The summed E-state index contributed by atoms with van der Waals surface area (Å²) >= 11 is 6.01. The van der Waals surface area contributed by atoms with Crippen molar-refractivity contribution in [2.75, 3.05) is 7.05 Å². The molecule has 28 heavy (non-hydrogen) atoms. The molecule has 0 amide bonds. The molecule has 3 unspecified atom stereocenters. The normalized spacial score (nSPS) is 26.7. The van der Waals surface area contributed by atoms with Crippen molar-refractivity contribution in [3.63, 3.8) is 0 Å². The Hall–Kier alpha value is -2.01. The summed E-state index contributed by atoms with van der Waals surface area (Å²) in [7, 11) is 1.78. The van der Waals surface area contributed by atoms with Gasteiger partial charge in [-0.15, -0.1) is 0 Å². The van der Waals surface area contributed by atoms with E-state index >= 15 is 0 Å². The molecule has 146 valence electrons. The largest absolute Gasteiger partial charge is 0.298 e. The fourth-order valence-corrected chi connectivity index (χ4v) is 4.57. The van der Waals surface area contributed by atoms with Gasteiger partial charge in [0.25, 0.3) is 0 Å². The monoisotopic (exact) mass is 397 g/mol. The lowest BCUT2D eigenvalue weighted by molar-refractivity contribution is -0.171. The Morgan fingerprint density at radius 1 is 1.04 bits per heavy atom. The van der Waals surface area contributed by atoms with Crippen molar-refractivity contribution >= 4 is 23.2 Å². The molecule has 2 fully saturated rings. The van der Waals surface area contributed by atoms with Gasteiger partial charge in [-0.2, -0.15) is 5.06 Å². The first-order valence-electron chi connectivity index (χ1n) is 9.62. The summed E-state index contributed by atoms with van der Waals surface area (Å²) in [4.78, 5) is 32.4. The van der Waals surface area contributed by atoms with Crippen LogP contribution in [-0.4, -0.2) is 35.3 Å². The summed E-state index contributed by atoms with van der Waals surface area (Å²) in [5, 5.41) is 2.32. The maximum atomic E-state index is 13.4. The van der Waals surface area contributed by atoms with Gasteiger partial charge in [0.2, 0.25) is 0 Å². The summed E-state index contributed by atoms with van der Waals surface area (Å²) in [6.07, 6.45) is 0.0636. The van der Waals surface area contributed by atoms with E-state index in [2.05, 4.69) is 0 Å². The first kappa shape index (κ1) is 19.3. The van der Waals surface area contributed by atoms with Crippen LogP contribution in [0.2, 0.25) is 5.02 Å². The maximum absolute atomic E-state index is 13.4. The summed E-state index contributed by atoms with van der Waals surface area (Å²) in [6.45, 7) is 5.95. The van der Waals surface area contributed by atoms with E-state index in [-0.39, 0.29) is 11.6 Å². The van der Waals surface area contributed by atoms with E-state index in [4.69, 9.17) is 16.4 Å². The van der Waals surface area contributed by atoms with Gasteiger partial charge in [-0.05, 0) is 60.7 Å². The highest BCUT2D eigenvalue weighted by Gasteiger charge is 2.62. The van der Waals surface area contributed by atoms with Crippen LogP contribution in [0.3, 0.4) is 0 Å². The zero-order valence-electron chi connectivity index (χ0n) is 16.5. The van der Waals surface area contributed by atoms with Crippen LogP contribution in [-0.2, 0) is 20.8 Å². The highest BCUT2D eigenvalue weighted by Crippen LogP contribution is 2.47. The van der Waals surface area contributed by atoms with Crippen molar-refractivity contribution in [1.82, 2.24) is 5.06 Å². The number of hydroxylamine groups is 2. The molecule has 0 N–H and O–H groups in total. The van der Waals surface area contributed by atoms with Crippen LogP contribution in [0, 0.1) is 5.92 Å². The van der Waals surface area contributed by atoms with Gasteiger partial charge in [-0.25, -0.2) is 0 Å². The Labute approximate surface area is 170 Å². The molecular weight excluding hydrogens is 374 g/mol. The highest BCUT2D eigenvalue weighted by molar-refractivity contribution is 6.30. The summed E-state index contributed by atoms with van der Waals surface area (Å²) in [5.74, 6) is -1.37. The quantitative estimate of drug-likeness (QED) is 0.718. The molecule has 0 aromatic heterocycles. The number of nitrogens with zero attached hydrogens (tertiary/aromatic N) is 1. The van der Waals surface area contributed by atoms with Crippen molar-refractivity contribution in [3.8, 4) is 11.1 Å². The number of carbonyl (C=O) groups excluding carboxylic acids is 2. The fraction of sp³-hybridized carbons (Fsp3) is 0.391. The van der Waals surface area contributed by atoms with Crippen LogP contribution in [0.25, 0.3) is 11.1 Å². The molecule has 3 atom stereocenters. The zero-order valence-corrected chi connectivity index (χ0v) is 17.3. The zero-order chi connectivity index (χ0) is 20.2. The molecule has 2 aliphatic rings. The minimum Gasteiger partial charge on any atom is -0.298 e. The lowest BCUT2D eigenvalue weighted by Crippen LogP contribution is -2.42. The van der Waals surface area contributed by atoms with Gasteiger partial charge in [-0.1, -0.05) is 42.8 Å². The van der Waals surface area contributed by atoms with Crippen LogP contribution in [0.4, 0.5) is 0 Å². The number of carbonyl (C=O) groups is 2. The Morgan fingerprint density at radius 3 is 2.29 bits per heavy atom. The average molecular weight is 398 g/mol. The molecule has 1 heterocycles. The third kappa shape index (κ3) is 2.83. The van der Waals surface area contributed by atoms with Gasteiger partial charge in [0.1, 0.15) is 5.92 Å². The number of rotatable bonds is 3. The Bertz CT molecular complexity index is 951. The number of hydrogen-bond acceptors (Lipinski definition) is 4. The Morgan fingerprint density at radius 2 is 1.68 bits per heavy atom. The molecule has 2 aromatic carbocycles. The van der Waals surface area contributed by atoms with E-state index < -0.39 is 23.5 Å². The molecule has 1 saturated carbocycles. The molecule has 1 aliphatic carbocycles. The second kappa shape index (κ2) is 6.80. The smallest absolute Gasteiger partial charge is 0.179 e. The van der Waals surface area contributed by atoms with Crippen LogP contribution >= 0.6 is 11.6 Å². The van der Waals surface area contributed by atoms with Crippen molar-refractivity contribution in [1.29, 1.82) is 0 Å². The number of benzene rings is 2. The van der Waals surface area contributed by atoms with E-state index in [9.17, 15) is 9.59 Å². The lowest BCUT2D eigenvalue weighted by Gasteiger charge is -2.29. The molecule has 4 rings (SSSR count). The Balaban J connectivity index is 1.78. The van der Waals surface area contributed by atoms with E-state index in [0.29, 0.717) is 5.02 Å². The summed E-state index contributed by atoms with van der Waals surface area (Å²) in [5.41, 5.74) is 3.30. The van der Waals surface area contributed by atoms with Gasteiger partial charge < -0.3 is 0 Å². The number of fused-ring (bicyclic) bond motifs is 1. The molecular formula is C23H24ClNO3. The number of hydrogen-bond donors (Lipinski definition) is 0. The topological polar surface area (TPSA) is 46.6 Å². The van der Waals surface area contributed by atoms with Crippen LogP contribution in [0.1, 0.15) is 37.8 Å². The molecule has 1 saturated heterocycles. The number of Topliss-reactive ketones (excluding diaryl/α,β-unsaturated/α-hetero) is 2. The van der Waals surface area contributed by atoms with Crippen molar-refractivity contribution < 1.29 is 14.4 Å². The predicted octanol–water partition coefficient (Wildman–Crippen LogP) is 4.45. The third-order valence-corrected chi connectivity index (χ3v) is 6.57. The molecule has 2 aromatic rings. The molecule has 1 aliphatic heterocycles. The summed E-state index contributed by atoms with van der Waals surface area (Å²) < 4.78 is 0. The van der Waals surface area contributed by atoms with E-state index in [1.54, 1.807) is 12.1 Å². The second-order valence-corrected chi connectivity index (χ2v) is 8.60. The van der Waals surface area contributed by atoms with E-state index in [1.807, 2.05) is 63.2 Å². The van der Waals surface area contributed by atoms with Gasteiger partial charge in [-0.3, -0.25) is 14.4 Å². The standard InChI is InChI=1S/C23H24ClNO3/c1-5-13-6-7-15(14-8-10-16(24)11-9-14)12-17(13)18-20(26)19-22(21(18)27)28-25(4)23(19,2)3/h6-12,18-19,22H,5H2,1-4H3. The maximum Gasteiger partial charge on any atom is 0.179 e. The van der Waals surface area contributed by atoms with Crippen molar-refractivity contribution in [2.45, 2.75) is 44.8 Å². The third-order valence-electron chi connectivity index (χ3n) is 6.32. The SMILES string of the molecule is CCc1ccc(-c2ccc(Cl)cc2)cc1C1C(=O)C2ON(C)C(C)(C)C2C1=O. The highest BCUT2D eigenvalue weighted by atomic mass is 35.5. The number of ketones is 2. The molecule has 4 nitrogen and oxygen atoms in total. The molecule has 0 spiro atoms. The molecule has 5 heteroatoms. The minimum atomic E-state index is -0.759. The summed E-state index contributed by atoms with van der Waals surface area (Å²) in [6, 6.07) is 13.6. The first-order chi connectivity index (χ1) is 13.3. The second-order valence-electron chi connectivity index (χ2n) is 8.17. The lowest BCUT2D eigenvalue weighted by atomic mass is 9.82. The minimum absolute atomic E-state index is 0.0349. The predicted molar refractivity (Wildman–Crippen MR) is 109 cm³/mol. The average Bonchev–Trinajstić information content (AvgIpc) is 3.06. The number of aryl methyl sites for hydroxylation is 1. The van der Waals surface area contributed by atoms with Crippen molar-refractivity contribution in [3.05, 3.63) is 58.6 Å². The number of halogens is 1. The Kier molecular flexibility index (Phi) is 4.69.